The molecule has 6 heteroatoms. The lowest BCUT2D eigenvalue weighted by molar-refractivity contribution is -0.135. The van der Waals surface area contributed by atoms with Gasteiger partial charge in [0.25, 0.3) is 5.91 Å². The third kappa shape index (κ3) is 3.94. The molecule has 140 valence electrons. The molecule has 2 saturated heterocycles. The summed E-state index contributed by atoms with van der Waals surface area (Å²) in [6.45, 7) is 0.0342. The van der Waals surface area contributed by atoms with E-state index in [9.17, 15) is 9.59 Å². The molecule has 2 amide bonds. The van der Waals surface area contributed by atoms with Crippen LogP contribution in [0.4, 0.5) is 0 Å². The molecule has 0 aliphatic carbocycles. The van der Waals surface area contributed by atoms with E-state index in [0.29, 0.717) is 11.4 Å². The molecule has 3 heterocycles. The summed E-state index contributed by atoms with van der Waals surface area (Å²) in [4.78, 5) is 31.1. The topological polar surface area (TPSA) is 71.5 Å². The standard InChI is InChI=1S/C21H23N3O3/c25-20(14-23-21(26)15-6-2-1-3-7-15)24-16-9-10-17(24)13-18(12-16)27-19-8-4-5-11-22-19/h1-8,11,16-18H,9-10,12-14H2,(H,23,26). The van der Waals surface area contributed by atoms with Crippen LogP contribution in [0.2, 0.25) is 0 Å². The van der Waals surface area contributed by atoms with Gasteiger partial charge in [-0.25, -0.2) is 4.98 Å². The van der Waals surface area contributed by atoms with E-state index < -0.39 is 0 Å². The monoisotopic (exact) mass is 365 g/mol. The Morgan fingerprint density at radius 2 is 1.74 bits per heavy atom. The van der Waals surface area contributed by atoms with Gasteiger partial charge in [0.05, 0.1) is 6.54 Å². The summed E-state index contributed by atoms with van der Waals surface area (Å²) in [6, 6.07) is 14.9. The average molecular weight is 365 g/mol. The van der Waals surface area contributed by atoms with Crippen molar-refractivity contribution in [3.8, 4) is 5.88 Å². The molecule has 4 rings (SSSR count). The zero-order valence-corrected chi connectivity index (χ0v) is 15.1. The van der Waals surface area contributed by atoms with Gasteiger partial charge in [-0.05, 0) is 31.0 Å². The molecule has 6 nitrogen and oxygen atoms in total. The van der Waals surface area contributed by atoms with Gasteiger partial charge in [0.2, 0.25) is 11.8 Å². The van der Waals surface area contributed by atoms with Crippen LogP contribution in [0.5, 0.6) is 5.88 Å². The second-order valence-corrected chi connectivity index (χ2v) is 7.11. The molecule has 0 saturated carbocycles. The summed E-state index contributed by atoms with van der Waals surface area (Å²) in [5, 5.41) is 2.74. The third-order valence-corrected chi connectivity index (χ3v) is 5.34. The number of hydrogen-bond donors (Lipinski definition) is 1. The molecular formula is C21H23N3O3. The van der Waals surface area contributed by atoms with Gasteiger partial charge in [0.15, 0.2) is 0 Å². The predicted molar refractivity (Wildman–Crippen MR) is 100 cm³/mol. The number of aromatic nitrogens is 1. The number of ether oxygens (including phenoxy) is 1. The van der Waals surface area contributed by atoms with E-state index in [1.54, 1.807) is 18.3 Å². The van der Waals surface area contributed by atoms with Crippen LogP contribution in [0.1, 0.15) is 36.0 Å². The molecule has 1 N–H and O–H groups in total. The Balaban J connectivity index is 1.32. The van der Waals surface area contributed by atoms with Crippen molar-refractivity contribution in [1.82, 2.24) is 15.2 Å². The highest BCUT2D eigenvalue weighted by Gasteiger charge is 2.43. The summed E-state index contributed by atoms with van der Waals surface area (Å²) >= 11 is 0. The fourth-order valence-electron chi connectivity index (χ4n) is 4.16. The van der Waals surface area contributed by atoms with E-state index in [0.717, 1.165) is 25.7 Å². The van der Waals surface area contributed by atoms with E-state index >= 15 is 0 Å². The molecule has 2 aliphatic rings. The number of amides is 2. The fraction of sp³-hybridized carbons (Fsp3) is 0.381. The predicted octanol–water partition coefficient (Wildman–Crippen LogP) is 2.41. The van der Waals surface area contributed by atoms with Crippen LogP contribution in [0.15, 0.2) is 54.7 Å². The Morgan fingerprint density at radius 3 is 2.41 bits per heavy atom. The highest BCUT2D eigenvalue weighted by molar-refractivity contribution is 5.96. The molecule has 2 unspecified atom stereocenters. The molecule has 2 bridgehead atoms. The van der Waals surface area contributed by atoms with Crippen molar-refractivity contribution in [2.24, 2.45) is 0 Å². The SMILES string of the molecule is O=C(NCC(=O)N1C2CCC1CC(Oc1ccccn1)C2)c1ccccc1. The largest absolute Gasteiger partial charge is 0.474 e. The maximum absolute atomic E-state index is 12.7. The van der Waals surface area contributed by atoms with Crippen LogP contribution >= 0.6 is 0 Å². The summed E-state index contributed by atoms with van der Waals surface area (Å²) < 4.78 is 6.00. The average Bonchev–Trinajstić information content (AvgIpc) is 2.98. The number of pyridine rings is 1. The van der Waals surface area contributed by atoms with Gasteiger partial charge in [-0.15, -0.1) is 0 Å². The van der Waals surface area contributed by atoms with E-state index in [1.807, 2.05) is 41.3 Å². The Kier molecular flexibility index (Phi) is 5.05. The number of carbonyl (C=O) groups excluding carboxylic acids is 2. The first-order valence-corrected chi connectivity index (χ1v) is 9.43. The Hall–Kier alpha value is -2.89. The lowest BCUT2D eigenvalue weighted by Gasteiger charge is -2.38. The van der Waals surface area contributed by atoms with Crippen LogP contribution in [0, 0.1) is 0 Å². The first kappa shape index (κ1) is 17.5. The third-order valence-electron chi connectivity index (χ3n) is 5.34. The van der Waals surface area contributed by atoms with Crippen LogP contribution in [-0.2, 0) is 4.79 Å². The number of rotatable bonds is 5. The number of benzene rings is 1. The zero-order valence-electron chi connectivity index (χ0n) is 15.1. The smallest absolute Gasteiger partial charge is 0.251 e. The van der Waals surface area contributed by atoms with Crippen LogP contribution in [-0.4, -0.2) is 46.4 Å². The summed E-state index contributed by atoms with van der Waals surface area (Å²) in [7, 11) is 0. The molecule has 2 aromatic rings. The summed E-state index contributed by atoms with van der Waals surface area (Å²) in [5.41, 5.74) is 0.566. The molecule has 0 radical (unpaired) electrons. The minimum Gasteiger partial charge on any atom is -0.474 e. The molecule has 27 heavy (non-hydrogen) atoms. The fourth-order valence-corrected chi connectivity index (χ4v) is 4.16. The molecule has 2 atom stereocenters. The van der Waals surface area contributed by atoms with Gasteiger partial charge < -0.3 is 15.0 Å². The minimum atomic E-state index is -0.218. The Bertz CT molecular complexity index is 783. The van der Waals surface area contributed by atoms with Crippen molar-refractivity contribution < 1.29 is 14.3 Å². The lowest BCUT2D eigenvalue weighted by atomic mass is 9.99. The number of nitrogens with zero attached hydrogens (tertiary/aromatic N) is 2. The van der Waals surface area contributed by atoms with Gasteiger partial charge in [0.1, 0.15) is 6.10 Å². The Morgan fingerprint density at radius 1 is 1.04 bits per heavy atom. The van der Waals surface area contributed by atoms with E-state index in [1.165, 1.54) is 0 Å². The minimum absolute atomic E-state index is 0.0110. The number of fused-ring (bicyclic) bond motifs is 2. The molecule has 2 aliphatic heterocycles. The van der Waals surface area contributed by atoms with Crippen molar-refractivity contribution in [1.29, 1.82) is 0 Å². The van der Waals surface area contributed by atoms with Crippen molar-refractivity contribution >= 4 is 11.8 Å². The normalized spacial score (nSPS) is 23.7. The van der Waals surface area contributed by atoms with Gasteiger partial charge in [-0.3, -0.25) is 9.59 Å². The molecule has 2 fully saturated rings. The molecular weight excluding hydrogens is 342 g/mol. The van der Waals surface area contributed by atoms with Crippen LogP contribution in [0.25, 0.3) is 0 Å². The Labute approximate surface area is 158 Å². The quantitative estimate of drug-likeness (QED) is 0.883. The van der Waals surface area contributed by atoms with Crippen molar-refractivity contribution in [3.63, 3.8) is 0 Å². The number of carbonyl (C=O) groups is 2. The second kappa shape index (κ2) is 7.78. The maximum atomic E-state index is 12.7. The number of hydrogen-bond acceptors (Lipinski definition) is 4. The van der Waals surface area contributed by atoms with Gasteiger partial charge in [-0.2, -0.15) is 0 Å². The number of nitrogens with one attached hydrogen (secondary N) is 1. The molecule has 1 aromatic heterocycles. The second-order valence-electron chi connectivity index (χ2n) is 7.11. The van der Waals surface area contributed by atoms with Crippen LogP contribution in [0.3, 0.4) is 0 Å². The van der Waals surface area contributed by atoms with E-state index in [-0.39, 0.29) is 36.5 Å². The van der Waals surface area contributed by atoms with Gasteiger partial charge >= 0.3 is 0 Å². The van der Waals surface area contributed by atoms with Crippen LogP contribution < -0.4 is 10.1 Å². The van der Waals surface area contributed by atoms with Crippen molar-refractivity contribution in [3.05, 3.63) is 60.3 Å². The van der Waals surface area contributed by atoms with Crippen molar-refractivity contribution in [2.45, 2.75) is 43.9 Å². The maximum Gasteiger partial charge on any atom is 0.251 e. The van der Waals surface area contributed by atoms with Gasteiger partial charge in [0, 0.05) is 42.8 Å². The first-order chi connectivity index (χ1) is 13.2. The first-order valence-electron chi connectivity index (χ1n) is 9.43. The zero-order chi connectivity index (χ0) is 18.6. The molecule has 0 spiro atoms. The van der Waals surface area contributed by atoms with Crippen molar-refractivity contribution in [2.75, 3.05) is 6.54 Å². The summed E-state index contributed by atoms with van der Waals surface area (Å²) in [5.74, 6) is 0.407. The van der Waals surface area contributed by atoms with E-state index in [4.69, 9.17) is 4.74 Å². The number of piperidine rings is 1. The molecule has 1 aromatic carbocycles. The highest BCUT2D eigenvalue weighted by atomic mass is 16.5. The summed E-state index contributed by atoms with van der Waals surface area (Å²) in [6.07, 6.45) is 5.41. The highest BCUT2D eigenvalue weighted by Crippen LogP contribution is 2.37. The van der Waals surface area contributed by atoms with Gasteiger partial charge in [-0.1, -0.05) is 24.3 Å². The lowest BCUT2D eigenvalue weighted by Crippen LogP contribution is -2.52. The van der Waals surface area contributed by atoms with E-state index in [2.05, 4.69) is 10.3 Å².